The number of hydrogen-bond donors (Lipinski definition) is 1. The molecule has 0 saturated heterocycles. The second-order valence-electron chi connectivity index (χ2n) is 6.26. The Hall–Kier alpha value is -1.00. The van der Waals surface area contributed by atoms with Gasteiger partial charge in [-0.05, 0) is 38.3 Å². The summed E-state index contributed by atoms with van der Waals surface area (Å²) in [6.45, 7) is 2.95. The Kier molecular flexibility index (Phi) is 5.71. The minimum absolute atomic E-state index is 0.0556. The molecule has 2 nitrogen and oxygen atoms in total. The Balaban J connectivity index is 1.91. The molecule has 0 heterocycles. The highest BCUT2D eigenvalue weighted by atomic mass is 19.2. The van der Waals surface area contributed by atoms with Gasteiger partial charge in [-0.2, -0.15) is 0 Å². The van der Waals surface area contributed by atoms with E-state index >= 15 is 0 Å². The van der Waals surface area contributed by atoms with Crippen molar-refractivity contribution in [1.29, 1.82) is 0 Å². The number of hydrogen-bond acceptors (Lipinski definition) is 2. The van der Waals surface area contributed by atoms with E-state index in [1.165, 1.54) is 37.8 Å². The summed E-state index contributed by atoms with van der Waals surface area (Å²) in [7, 11) is 2.06. The molecule has 3 atom stereocenters. The Labute approximate surface area is 125 Å². The second-order valence-corrected chi connectivity index (χ2v) is 6.26. The highest BCUT2D eigenvalue weighted by Crippen LogP contribution is 2.28. The van der Waals surface area contributed by atoms with E-state index < -0.39 is 17.7 Å². The van der Waals surface area contributed by atoms with Gasteiger partial charge in [0.25, 0.3) is 0 Å². The summed E-state index contributed by atoms with van der Waals surface area (Å²) < 4.78 is 26.8. The number of rotatable bonds is 5. The maximum Gasteiger partial charge on any atom is 0.164 e. The monoisotopic (exact) mass is 297 g/mol. The molecule has 1 aliphatic rings. The molecule has 1 fully saturated rings. The molecule has 1 aliphatic carbocycles. The van der Waals surface area contributed by atoms with Crippen molar-refractivity contribution < 1.29 is 13.9 Å². The molecule has 1 saturated carbocycles. The first kappa shape index (κ1) is 16.4. The predicted octanol–water partition coefficient (Wildman–Crippen LogP) is 3.90. The average Bonchev–Trinajstić information content (AvgIpc) is 2.47. The van der Waals surface area contributed by atoms with E-state index in [1.54, 1.807) is 0 Å². The summed E-state index contributed by atoms with van der Waals surface area (Å²) in [5, 5.41) is 10.1. The summed E-state index contributed by atoms with van der Waals surface area (Å²) in [6, 6.07) is 4.49. The fraction of sp³-hybridized carbons (Fsp3) is 0.647. The molecule has 0 spiro atoms. The third kappa shape index (κ3) is 4.01. The molecule has 1 aromatic rings. The maximum absolute atomic E-state index is 13.6. The number of nitrogens with zero attached hydrogens (tertiary/aromatic N) is 1. The SMILES string of the molecule is CC1CCCCC1N(C)CCC(O)c1cccc(F)c1F. The average molecular weight is 297 g/mol. The lowest BCUT2D eigenvalue weighted by molar-refractivity contribution is 0.101. The van der Waals surface area contributed by atoms with Crippen LogP contribution >= 0.6 is 0 Å². The van der Waals surface area contributed by atoms with Crippen LogP contribution in [-0.2, 0) is 0 Å². The first-order valence-electron chi connectivity index (χ1n) is 7.83. The van der Waals surface area contributed by atoms with E-state index in [-0.39, 0.29) is 5.56 Å². The quantitative estimate of drug-likeness (QED) is 0.891. The molecular formula is C17H25F2NO. The molecule has 0 aromatic heterocycles. The van der Waals surface area contributed by atoms with Gasteiger partial charge >= 0.3 is 0 Å². The third-order valence-electron chi connectivity index (χ3n) is 4.73. The van der Waals surface area contributed by atoms with Crippen molar-refractivity contribution in [3.63, 3.8) is 0 Å². The molecule has 3 unspecified atom stereocenters. The van der Waals surface area contributed by atoms with Gasteiger partial charge < -0.3 is 10.0 Å². The summed E-state index contributed by atoms with van der Waals surface area (Å²) in [5.41, 5.74) is 0.0556. The fourth-order valence-corrected chi connectivity index (χ4v) is 3.38. The van der Waals surface area contributed by atoms with Crippen molar-refractivity contribution in [2.75, 3.05) is 13.6 Å². The molecule has 4 heteroatoms. The van der Waals surface area contributed by atoms with Crippen LogP contribution in [0.1, 0.15) is 50.7 Å². The lowest BCUT2D eigenvalue weighted by Crippen LogP contribution is -2.39. The van der Waals surface area contributed by atoms with E-state index in [0.717, 1.165) is 6.07 Å². The summed E-state index contributed by atoms with van der Waals surface area (Å²) in [5.74, 6) is -1.17. The summed E-state index contributed by atoms with van der Waals surface area (Å²) in [6.07, 6.45) is 4.43. The van der Waals surface area contributed by atoms with E-state index in [1.807, 2.05) is 0 Å². The standard InChI is InChI=1S/C17H25F2NO/c1-12-6-3-4-9-15(12)20(2)11-10-16(21)13-7-5-8-14(18)17(13)19/h5,7-8,12,15-16,21H,3-4,6,9-11H2,1-2H3. The van der Waals surface area contributed by atoms with E-state index in [4.69, 9.17) is 0 Å². The van der Waals surface area contributed by atoms with Gasteiger partial charge in [-0.3, -0.25) is 0 Å². The first-order chi connectivity index (χ1) is 10.0. The number of aliphatic hydroxyl groups is 1. The first-order valence-corrected chi connectivity index (χ1v) is 7.83. The molecule has 21 heavy (non-hydrogen) atoms. The summed E-state index contributed by atoms with van der Waals surface area (Å²) in [4.78, 5) is 2.25. The van der Waals surface area contributed by atoms with Gasteiger partial charge in [0.1, 0.15) is 0 Å². The van der Waals surface area contributed by atoms with Crippen molar-refractivity contribution in [2.24, 2.45) is 5.92 Å². The number of aliphatic hydroxyl groups excluding tert-OH is 1. The molecule has 0 bridgehead atoms. The zero-order valence-corrected chi connectivity index (χ0v) is 12.9. The highest BCUT2D eigenvalue weighted by Gasteiger charge is 2.25. The molecule has 1 N–H and O–H groups in total. The van der Waals surface area contributed by atoms with Crippen LogP contribution in [0, 0.1) is 17.6 Å². The molecule has 0 aliphatic heterocycles. The fourth-order valence-electron chi connectivity index (χ4n) is 3.38. The molecule has 0 amide bonds. The molecular weight excluding hydrogens is 272 g/mol. The summed E-state index contributed by atoms with van der Waals surface area (Å²) >= 11 is 0. The minimum atomic E-state index is -0.956. The lowest BCUT2D eigenvalue weighted by Gasteiger charge is -2.36. The topological polar surface area (TPSA) is 23.5 Å². The van der Waals surface area contributed by atoms with E-state index in [0.29, 0.717) is 24.9 Å². The number of halogens is 2. The van der Waals surface area contributed by atoms with Crippen LogP contribution in [0.5, 0.6) is 0 Å². The van der Waals surface area contributed by atoms with Gasteiger partial charge in [0.15, 0.2) is 11.6 Å². The Morgan fingerprint density at radius 2 is 2.00 bits per heavy atom. The van der Waals surface area contributed by atoms with E-state index in [9.17, 15) is 13.9 Å². The van der Waals surface area contributed by atoms with Gasteiger partial charge in [-0.1, -0.05) is 31.9 Å². The van der Waals surface area contributed by atoms with Gasteiger partial charge in [0.05, 0.1) is 6.10 Å². The van der Waals surface area contributed by atoms with Crippen LogP contribution < -0.4 is 0 Å². The highest BCUT2D eigenvalue weighted by molar-refractivity contribution is 5.21. The number of benzene rings is 1. The lowest BCUT2D eigenvalue weighted by atomic mass is 9.85. The van der Waals surface area contributed by atoms with Crippen LogP contribution in [0.3, 0.4) is 0 Å². The van der Waals surface area contributed by atoms with Crippen LogP contribution in [0.15, 0.2) is 18.2 Å². The Bertz CT molecular complexity index is 466. The zero-order chi connectivity index (χ0) is 15.4. The van der Waals surface area contributed by atoms with Crippen LogP contribution in [0.25, 0.3) is 0 Å². The molecule has 118 valence electrons. The van der Waals surface area contributed by atoms with Gasteiger partial charge in [-0.15, -0.1) is 0 Å². The molecule has 0 radical (unpaired) electrons. The van der Waals surface area contributed by atoms with Crippen molar-refractivity contribution in [1.82, 2.24) is 4.90 Å². The van der Waals surface area contributed by atoms with Crippen molar-refractivity contribution in [3.8, 4) is 0 Å². The van der Waals surface area contributed by atoms with Gasteiger partial charge in [-0.25, -0.2) is 8.78 Å². The Morgan fingerprint density at radius 3 is 2.71 bits per heavy atom. The van der Waals surface area contributed by atoms with Crippen LogP contribution in [0.4, 0.5) is 8.78 Å². The minimum Gasteiger partial charge on any atom is -0.388 e. The normalized spacial score (nSPS) is 24.3. The van der Waals surface area contributed by atoms with Gasteiger partial charge in [0.2, 0.25) is 0 Å². The predicted molar refractivity (Wildman–Crippen MR) is 80.0 cm³/mol. The molecule has 1 aromatic carbocycles. The van der Waals surface area contributed by atoms with Crippen molar-refractivity contribution >= 4 is 0 Å². The molecule has 2 rings (SSSR count). The largest absolute Gasteiger partial charge is 0.388 e. The van der Waals surface area contributed by atoms with Crippen molar-refractivity contribution in [3.05, 3.63) is 35.4 Å². The third-order valence-corrected chi connectivity index (χ3v) is 4.73. The van der Waals surface area contributed by atoms with Gasteiger partial charge in [0, 0.05) is 18.2 Å². The van der Waals surface area contributed by atoms with Crippen molar-refractivity contribution in [2.45, 2.75) is 51.2 Å². The maximum atomic E-state index is 13.6. The zero-order valence-electron chi connectivity index (χ0n) is 12.9. The van der Waals surface area contributed by atoms with E-state index in [2.05, 4.69) is 18.9 Å². The van der Waals surface area contributed by atoms with Crippen LogP contribution in [-0.4, -0.2) is 29.6 Å². The van der Waals surface area contributed by atoms with Crippen LogP contribution in [0.2, 0.25) is 0 Å². The Morgan fingerprint density at radius 1 is 1.29 bits per heavy atom. The smallest absolute Gasteiger partial charge is 0.164 e. The second kappa shape index (κ2) is 7.32.